The Morgan fingerprint density at radius 1 is 1.44 bits per heavy atom. The normalized spacial score (nSPS) is 24.7. The topological polar surface area (TPSA) is 24.9 Å². The molecule has 2 rings (SSSR count). The van der Waals surface area contributed by atoms with Crippen LogP contribution in [0.1, 0.15) is 19.3 Å². The van der Waals surface area contributed by atoms with Gasteiger partial charge in [0.25, 0.3) is 0 Å². The average molecular weight is 277 g/mol. The van der Waals surface area contributed by atoms with E-state index < -0.39 is 0 Å². The van der Waals surface area contributed by atoms with E-state index in [0.717, 1.165) is 11.1 Å². The van der Waals surface area contributed by atoms with Gasteiger partial charge in [-0.05, 0) is 31.6 Å². The Hall–Kier alpha value is -0.120. The van der Waals surface area contributed by atoms with Crippen molar-refractivity contribution in [1.29, 1.82) is 0 Å². The van der Waals surface area contributed by atoms with Crippen molar-refractivity contribution in [2.24, 2.45) is 0 Å². The Morgan fingerprint density at radius 2 is 2.25 bits per heavy atom. The molecule has 5 heteroatoms. The third-order valence-corrected chi connectivity index (χ3v) is 4.46. The molecular formula is C11H14Cl2N2S. The van der Waals surface area contributed by atoms with E-state index in [0.29, 0.717) is 16.1 Å². The number of nitrogens with zero attached hydrogens (tertiary/aromatic N) is 1. The maximum atomic E-state index is 6.06. The summed E-state index contributed by atoms with van der Waals surface area (Å²) in [7, 11) is 0. The third-order valence-electron chi connectivity index (χ3n) is 2.87. The number of rotatable bonds is 3. The van der Waals surface area contributed by atoms with Gasteiger partial charge >= 0.3 is 0 Å². The number of aromatic nitrogens is 1. The van der Waals surface area contributed by atoms with Crippen LogP contribution in [-0.4, -0.2) is 22.5 Å². The Morgan fingerprint density at radius 3 is 2.88 bits per heavy atom. The molecule has 16 heavy (non-hydrogen) atoms. The smallest absolute Gasteiger partial charge is 0.145 e. The zero-order chi connectivity index (χ0) is 11.5. The fourth-order valence-electron chi connectivity index (χ4n) is 2.00. The summed E-state index contributed by atoms with van der Waals surface area (Å²) in [6, 6.07) is 2.21. The molecule has 1 aliphatic rings. The van der Waals surface area contributed by atoms with Gasteiger partial charge in [-0.1, -0.05) is 23.2 Å². The lowest BCUT2D eigenvalue weighted by Gasteiger charge is -2.14. The highest BCUT2D eigenvalue weighted by molar-refractivity contribution is 7.99. The number of hydrogen-bond donors (Lipinski definition) is 1. The van der Waals surface area contributed by atoms with Crippen LogP contribution < -0.4 is 5.32 Å². The molecule has 0 spiro atoms. The summed E-state index contributed by atoms with van der Waals surface area (Å²) >= 11 is 13.8. The predicted octanol–water partition coefficient (Wildman–Crippen LogP) is 4.08. The molecule has 1 aromatic rings. The fourth-order valence-corrected chi connectivity index (χ4v) is 3.23. The standard InChI is InChI=1S/C11H14Cl2N2S/c1-16-9-3-2-8(5-9)15-11-10(13)4-7(12)6-14-11/h4,6,8-9H,2-3,5H2,1H3,(H,14,15). The van der Waals surface area contributed by atoms with Gasteiger partial charge in [-0.2, -0.15) is 11.8 Å². The van der Waals surface area contributed by atoms with Crippen molar-refractivity contribution in [2.45, 2.75) is 30.6 Å². The Kier molecular flexibility index (Phi) is 4.22. The van der Waals surface area contributed by atoms with Gasteiger partial charge in [-0.25, -0.2) is 4.98 Å². The first-order chi connectivity index (χ1) is 7.69. The van der Waals surface area contributed by atoms with Crippen LogP contribution in [0.25, 0.3) is 0 Å². The minimum absolute atomic E-state index is 0.489. The highest BCUT2D eigenvalue weighted by Crippen LogP contribution is 2.31. The molecule has 1 saturated carbocycles. The fraction of sp³-hybridized carbons (Fsp3) is 0.545. The molecule has 2 atom stereocenters. The molecule has 1 aliphatic carbocycles. The zero-order valence-corrected chi connectivity index (χ0v) is 11.4. The Labute approximate surface area is 110 Å². The molecule has 1 heterocycles. The molecular weight excluding hydrogens is 263 g/mol. The van der Waals surface area contributed by atoms with Gasteiger partial charge in [-0.3, -0.25) is 0 Å². The number of nitrogens with one attached hydrogen (secondary N) is 1. The lowest BCUT2D eigenvalue weighted by Crippen LogP contribution is -2.17. The van der Waals surface area contributed by atoms with E-state index in [1.54, 1.807) is 12.3 Å². The first-order valence-corrected chi connectivity index (χ1v) is 7.34. The minimum Gasteiger partial charge on any atom is -0.366 e. The van der Waals surface area contributed by atoms with E-state index in [4.69, 9.17) is 23.2 Å². The van der Waals surface area contributed by atoms with Crippen molar-refractivity contribution < 1.29 is 0 Å². The van der Waals surface area contributed by atoms with Crippen LogP contribution in [-0.2, 0) is 0 Å². The SMILES string of the molecule is CSC1CCC(Nc2ncc(Cl)cc2Cl)C1. The summed E-state index contributed by atoms with van der Waals surface area (Å²) < 4.78 is 0. The number of anilines is 1. The van der Waals surface area contributed by atoms with Crippen molar-refractivity contribution in [3.05, 3.63) is 22.3 Å². The van der Waals surface area contributed by atoms with Gasteiger partial charge in [0, 0.05) is 17.5 Å². The van der Waals surface area contributed by atoms with E-state index >= 15 is 0 Å². The van der Waals surface area contributed by atoms with E-state index in [9.17, 15) is 0 Å². The largest absolute Gasteiger partial charge is 0.366 e. The number of thioether (sulfide) groups is 1. The molecule has 0 aliphatic heterocycles. The minimum atomic E-state index is 0.489. The van der Waals surface area contributed by atoms with Crippen LogP contribution in [0.4, 0.5) is 5.82 Å². The van der Waals surface area contributed by atoms with E-state index in [2.05, 4.69) is 16.6 Å². The molecule has 0 radical (unpaired) electrons. The predicted molar refractivity (Wildman–Crippen MR) is 72.8 cm³/mol. The van der Waals surface area contributed by atoms with Crippen LogP contribution in [0.2, 0.25) is 10.0 Å². The molecule has 1 fully saturated rings. The van der Waals surface area contributed by atoms with Crippen LogP contribution in [0.3, 0.4) is 0 Å². The van der Waals surface area contributed by atoms with E-state index in [1.807, 2.05) is 11.8 Å². The third kappa shape index (κ3) is 2.96. The number of halogens is 2. The monoisotopic (exact) mass is 276 g/mol. The van der Waals surface area contributed by atoms with Gasteiger partial charge in [0.1, 0.15) is 5.82 Å². The highest BCUT2D eigenvalue weighted by atomic mass is 35.5. The average Bonchev–Trinajstić information content (AvgIpc) is 2.70. The molecule has 2 nitrogen and oxygen atoms in total. The van der Waals surface area contributed by atoms with Gasteiger partial charge in [0.2, 0.25) is 0 Å². The second kappa shape index (κ2) is 5.48. The first kappa shape index (κ1) is 12.3. The van der Waals surface area contributed by atoms with Gasteiger partial charge in [0.05, 0.1) is 10.0 Å². The van der Waals surface area contributed by atoms with Gasteiger partial charge in [0.15, 0.2) is 0 Å². The van der Waals surface area contributed by atoms with Crippen molar-refractivity contribution in [3.8, 4) is 0 Å². The van der Waals surface area contributed by atoms with Gasteiger partial charge in [-0.15, -0.1) is 0 Å². The quantitative estimate of drug-likeness (QED) is 0.901. The summed E-state index contributed by atoms with van der Waals surface area (Å²) in [5.41, 5.74) is 0. The zero-order valence-electron chi connectivity index (χ0n) is 9.04. The molecule has 88 valence electrons. The summed E-state index contributed by atoms with van der Waals surface area (Å²) in [6.07, 6.45) is 7.43. The summed E-state index contributed by atoms with van der Waals surface area (Å²) in [5.74, 6) is 0.748. The lowest BCUT2D eigenvalue weighted by molar-refractivity contribution is 0.752. The Bertz CT molecular complexity index is 373. The Balaban J connectivity index is 1.99. The number of hydrogen-bond acceptors (Lipinski definition) is 3. The van der Waals surface area contributed by atoms with Crippen molar-refractivity contribution >= 4 is 40.8 Å². The molecule has 1 aromatic heterocycles. The molecule has 0 amide bonds. The van der Waals surface area contributed by atoms with Crippen LogP contribution in [0, 0.1) is 0 Å². The van der Waals surface area contributed by atoms with Crippen LogP contribution in [0.15, 0.2) is 12.3 Å². The first-order valence-electron chi connectivity index (χ1n) is 5.29. The summed E-state index contributed by atoms with van der Waals surface area (Å²) in [6.45, 7) is 0. The summed E-state index contributed by atoms with van der Waals surface area (Å²) in [4.78, 5) is 4.21. The lowest BCUT2D eigenvalue weighted by atomic mass is 10.2. The molecule has 2 unspecified atom stereocenters. The maximum Gasteiger partial charge on any atom is 0.145 e. The van der Waals surface area contributed by atoms with Crippen LogP contribution in [0.5, 0.6) is 0 Å². The van der Waals surface area contributed by atoms with Crippen molar-refractivity contribution in [1.82, 2.24) is 4.98 Å². The maximum absolute atomic E-state index is 6.06. The number of pyridine rings is 1. The van der Waals surface area contributed by atoms with E-state index in [1.165, 1.54) is 19.3 Å². The highest BCUT2D eigenvalue weighted by Gasteiger charge is 2.24. The van der Waals surface area contributed by atoms with Crippen LogP contribution >= 0.6 is 35.0 Å². The second-order valence-electron chi connectivity index (χ2n) is 4.00. The van der Waals surface area contributed by atoms with Gasteiger partial charge < -0.3 is 5.32 Å². The summed E-state index contributed by atoms with van der Waals surface area (Å²) in [5, 5.41) is 5.32. The molecule has 0 saturated heterocycles. The second-order valence-corrected chi connectivity index (χ2v) is 5.98. The molecule has 1 N–H and O–H groups in total. The van der Waals surface area contributed by atoms with E-state index in [-0.39, 0.29) is 0 Å². The molecule has 0 aromatic carbocycles. The molecule has 0 bridgehead atoms. The van der Waals surface area contributed by atoms with Crippen molar-refractivity contribution in [2.75, 3.05) is 11.6 Å². The van der Waals surface area contributed by atoms with Crippen molar-refractivity contribution in [3.63, 3.8) is 0 Å².